The molecule has 0 atom stereocenters. The lowest BCUT2D eigenvalue weighted by Gasteiger charge is -2.10. The number of hydrogen-bond donors (Lipinski definition) is 3. The first-order valence-electron chi connectivity index (χ1n) is 5.57. The fourth-order valence-corrected chi connectivity index (χ4v) is 1.65. The molecule has 19 heavy (non-hydrogen) atoms. The zero-order valence-electron chi connectivity index (χ0n) is 10.1. The van der Waals surface area contributed by atoms with Crippen molar-refractivity contribution in [1.82, 2.24) is 0 Å². The maximum atomic E-state index is 12.8. The molecule has 0 aromatic heterocycles. The number of nitrogens with one attached hydrogen (secondary N) is 1. The van der Waals surface area contributed by atoms with Crippen LogP contribution in [0.1, 0.15) is 15.9 Å². The predicted molar refractivity (Wildman–Crippen MR) is 68.9 cm³/mol. The molecule has 2 aromatic carbocycles. The van der Waals surface area contributed by atoms with Crippen LogP contribution in [0.2, 0.25) is 0 Å². The molecule has 5 heteroatoms. The highest BCUT2D eigenvalue weighted by Crippen LogP contribution is 2.25. The van der Waals surface area contributed by atoms with E-state index in [9.17, 15) is 19.4 Å². The molecule has 1 amide bonds. The molecule has 3 N–H and O–H groups in total. The highest BCUT2D eigenvalue weighted by Gasteiger charge is 2.13. The largest absolute Gasteiger partial charge is 0.508 e. The molecule has 0 aliphatic heterocycles. The van der Waals surface area contributed by atoms with Crippen molar-refractivity contribution in [2.24, 2.45) is 0 Å². The van der Waals surface area contributed by atoms with Gasteiger partial charge < -0.3 is 15.5 Å². The highest BCUT2D eigenvalue weighted by molar-refractivity contribution is 6.06. The predicted octanol–water partition coefficient (Wildman–Crippen LogP) is 2.80. The summed E-state index contributed by atoms with van der Waals surface area (Å²) in [6.07, 6.45) is 0. The van der Waals surface area contributed by atoms with Gasteiger partial charge in [-0.15, -0.1) is 0 Å². The number of halogens is 1. The van der Waals surface area contributed by atoms with Crippen molar-refractivity contribution >= 4 is 11.6 Å². The van der Waals surface area contributed by atoms with Gasteiger partial charge in [-0.05, 0) is 31.2 Å². The molecule has 0 unspecified atom stereocenters. The molecule has 2 aromatic rings. The van der Waals surface area contributed by atoms with Crippen molar-refractivity contribution in [2.75, 3.05) is 5.32 Å². The molecular formula is C14H12FNO3. The summed E-state index contributed by atoms with van der Waals surface area (Å²) in [5.41, 5.74) is 0.898. The van der Waals surface area contributed by atoms with Gasteiger partial charge in [0.05, 0.1) is 5.56 Å². The second-order valence-electron chi connectivity index (χ2n) is 4.07. The van der Waals surface area contributed by atoms with Gasteiger partial charge in [-0.25, -0.2) is 4.39 Å². The third-order valence-corrected chi connectivity index (χ3v) is 2.76. The SMILES string of the molecule is Cc1c(O)cccc1NC(=O)c1ccc(F)cc1O. The summed E-state index contributed by atoms with van der Waals surface area (Å²) in [4.78, 5) is 11.9. The van der Waals surface area contributed by atoms with E-state index in [4.69, 9.17) is 0 Å². The monoisotopic (exact) mass is 261 g/mol. The Kier molecular flexibility index (Phi) is 3.37. The average Bonchev–Trinajstić information content (AvgIpc) is 2.34. The number of carbonyl (C=O) groups is 1. The molecule has 0 aliphatic carbocycles. The standard InChI is InChI=1S/C14H12FNO3/c1-8-11(3-2-4-12(8)17)16-14(19)10-6-5-9(15)7-13(10)18/h2-7,17-18H,1H3,(H,16,19). The molecular weight excluding hydrogens is 249 g/mol. The average molecular weight is 261 g/mol. The number of anilines is 1. The van der Waals surface area contributed by atoms with Gasteiger partial charge in [0.2, 0.25) is 0 Å². The number of carbonyl (C=O) groups excluding carboxylic acids is 1. The molecule has 98 valence electrons. The van der Waals surface area contributed by atoms with E-state index in [1.165, 1.54) is 12.1 Å². The number of hydrogen-bond acceptors (Lipinski definition) is 3. The van der Waals surface area contributed by atoms with Crippen LogP contribution in [0, 0.1) is 12.7 Å². The molecule has 2 rings (SSSR count). The van der Waals surface area contributed by atoms with Gasteiger partial charge in [-0.2, -0.15) is 0 Å². The maximum absolute atomic E-state index is 12.8. The van der Waals surface area contributed by atoms with Crippen LogP contribution in [0.3, 0.4) is 0 Å². The number of amides is 1. The summed E-state index contributed by atoms with van der Waals surface area (Å²) in [5, 5.41) is 21.6. The molecule has 0 heterocycles. The molecule has 0 spiro atoms. The van der Waals surface area contributed by atoms with E-state index in [0.717, 1.165) is 12.1 Å². The summed E-state index contributed by atoms with van der Waals surface area (Å²) < 4.78 is 12.8. The van der Waals surface area contributed by atoms with Gasteiger partial charge in [0.1, 0.15) is 17.3 Å². The topological polar surface area (TPSA) is 69.6 Å². The quantitative estimate of drug-likeness (QED) is 0.778. The Morgan fingerprint density at radius 2 is 1.89 bits per heavy atom. The minimum Gasteiger partial charge on any atom is -0.508 e. The van der Waals surface area contributed by atoms with Crippen LogP contribution >= 0.6 is 0 Å². The molecule has 0 bridgehead atoms. The van der Waals surface area contributed by atoms with Crippen LogP contribution in [0.15, 0.2) is 36.4 Å². The van der Waals surface area contributed by atoms with Crippen LogP contribution < -0.4 is 5.32 Å². The molecule has 0 aliphatic rings. The van der Waals surface area contributed by atoms with Crippen molar-refractivity contribution in [3.63, 3.8) is 0 Å². The van der Waals surface area contributed by atoms with Crippen LogP contribution in [-0.4, -0.2) is 16.1 Å². The smallest absolute Gasteiger partial charge is 0.259 e. The fourth-order valence-electron chi connectivity index (χ4n) is 1.65. The first-order chi connectivity index (χ1) is 8.99. The van der Waals surface area contributed by atoms with Crippen LogP contribution in [0.25, 0.3) is 0 Å². The van der Waals surface area contributed by atoms with Gasteiger partial charge in [0.15, 0.2) is 0 Å². The Balaban J connectivity index is 2.28. The zero-order valence-corrected chi connectivity index (χ0v) is 10.1. The van der Waals surface area contributed by atoms with Gasteiger partial charge >= 0.3 is 0 Å². The summed E-state index contributed by atoms with van der Waals surface area (Å²) in [5.74, 6) is -1.58. The number of rotatable bonds is 2. The van der Waals surface area contributed by atoms with Crippen molar-refractivity contribution in [2.45, 2.75) is 6.92 Å². The van der Waals surface area contributed by atoms with Gasteiger partial charge in [0, 0.05) is 17.3 Å². The van der Waals surface area contributed by atoms with E-state index in [-0.39, 0.29) is 11.3 Å². The van der Waals surface area contributed by atoms with E-state index in [2.05, 4.69) is 5.32 Å². The zero-order chi connectivity index (χ0) is 14.0. The van der Waals surface area contributed by atoms with E-state index < -0.39 is 17.5 Å². The Labute approximate surface area is 109 Å². The summed E-state index contributed by atoms with van der Waals surface area (Å²) in [6, 6.07) is 7.85. The van der Waals surface area contributed by atoms with Crippen LogP contribution in [-0.2, 0) is 0 Å². The second kappa shape index (κ2) is 4.97. The van der Waals surface area contributed by atoms with Crippen molar-refractivity contribution in [1.29, 1.82) is 0 Å². The lowest BCUT2D eigenvalue weighted by atomic mass is 10.1. The van der Waals surface area contributed by atoms with Crippen LogP contribution in [0.4, 0.5) is 10.1 Å². The lowest BCUT2D eigenvalue weighted by molar-refractivity contribution is 0.102. The molecule has 0 saturated carbocycles. The highest BCUT2D eigenvalue weighted by atomic mass is 19.1. The van der Waals surface area contributed by atoms with Crippen LogP contribution in [0.5, 0.6) is 11.5 Å². The maximum Gasteiger partial charge on any atom is 0.259 e. The molecule has 4 nitrogen and oxygen atoms in total. The minimum atomic E-state index is -0.623. The number of phenols is 2. The molecule has 0 saturated heterocycles. The number of benzene rings is 2. The first-order valence-corrected chi connectivity index (χ1v) is 5.57. The lowest BCUT2D eigenvalue weighted by Crippen LogP contribution is -2.13. The Hall–Kier alpha value is -2.56. The third kappa shape index (κ3) is 2.65. The van der Waals surface area contributed by atoms with Crippen molar-refractivity contribution in [3.8, 4) is 11.5 Å². The third-order valence-electron chi connectivity index (χ3n) is 2.76. The number of phenolic OH excluding ortho intramolecular Hbond substituents is 2. The van der Waals surface area contributed by atoms with Gasteiger partial charge in [0.25, 0.3) is 5.91 Å². The van der Waals surface area contributed by atoms with E-state index >= 15 is 0 Å². The van der Waals surface area contributed by atoms with Gasteiger partial charge in [-0.3, -0.25) is 4.79 Å². The first kappa shape index (κ1) is 12.9. The number of aromatic hydroxyl groups is 2. The van der Waals surface area contributed by atoms with E-state index in [0.29, 0.717) is 11.3 Å². The van der Waals surface area contributed by atoms with E-state index in [1.807, 2.05) is 0 Å². The molecule has 0 radical (unpaired) electrons. The fraction of sp³-hybridized carbons (Fsp3) is 0.0714. The molecule has 0 fully saturated rings. The van der Waals surface area contributed by atoms with Gasteiger partial charge in [-0.1, -0.05) is 6.07 Å². The Morgan fingerprint density at radius 3 is 2.58 bits per heavy atom. The normalized spacial score (nSPS) is 10.2. The summed E-state index contributed by atoms with van der Waals surface area (Å²) in [7, 11) is 0. The van der Waals surface area contributed by atoms with Crippen molar-refractivity contribution < 1.29 is 19.4 Å². The summed E-state index contributed by atoms with van der Waals surface area (Å²) in [6.45, 7) is 1.65. The van der Waals surface area contributed by atoms with Crippen molar-refractivity contribution in [3.05, 3.63) is 53.3 Å². The Bertz CT molecular complexity index is 641. The van der Waals surface area contributed by atoms with E-state index in [1.54, 1.807) is 19.1 Å². The second-order valence-corrected chi connectivity index (χ2v) is 4.07. The Morgan fingerprint density at radius 1 is 1.16 bits per heavy atom. The summed E-state index contributed by atoms with van der Waals surface area (Å²) >= 11 is 0. The minimum absolute atomic E-state index is 0.0378.